The second-order valence-corrected chi connectivity index (χ2v) is 10.9. The molecule has 232 valence electrons. The van der Waals surface area contributed by atoms with Crippen LogP contribution in [-0.4, -0.2) is 92.1 Å². The Labute approximate surface area is 252 Å². The van der Waals surface area contributed by atoms with Crippen molar-refractivity contribution in [2.24, 2.45) is 0 Å². The lowest BCUT2D eigenvalue weighted by Gasteiger charge is -2.30. The molecule has 4 amide bonds. The maximum absolute atomic E-state index is 13.6. The van der Waals surface area contributed by atoms with Gasteiger partial charge in [0.2, 0.25) is 23.6 Å². The molecule has 0 radical (unpaired) electrons. The summed E-state index contributed by atoms with van der Waals surface area (Å²) < 4.78 is 0. The van der Waals surface area contributed by atoms with Crippen molar-refractivity contribution in [3.05, 3.63) is 0 Å². The number of thiol groups is 2. The van der Waals surface area contributed by atoms with E-state index in [1.807, 2.05) is 0 Å². The zero-order chi connectivity index (χ0) is 30.2. The lowest BCUT2D eigenvalue weighted by Crippen LogP contribution is -2.53. The summed E-state index contributed by atoms with van der Waals surface area (Å²) in [5, 5.41) is 11.3. The summed E-state index contributed by atoms with van der Waals surface area (Å²) in [6, 6.07) is -1.74. The topological polar surface area (TPSA) is 137 Å². The molecule has 0 rings (SSSR count). The fourth-order valence-corrected chi connectivity index (χ4v) is 4.66. The summed E-state index contributed by atoms with van der Waals surface area (Å²) in [7, 11) is 4.81. The first-order valence-electron chi connectivity index (χ1n) is 14.6. The first kappa shape index (κ1) is 38.2. The fourth-order valence-electron chi connectivity index (χ4n) is 4.21. The highest BCUT2D eigenvalue weighted by Gasteiger charge is 2.32. The van der Waals surface area contributed by atoms with Crippen molar-refractivity contribution < 1.29 is 24.0 Å². The number of amides is 4. The van der Waals surface area contributed by atoms with Crippen molar-refractivity contribution in [1.29, 1.82) is 0 Å². The molecule has 10 nitrogen and oxygen atoms in total. The summed E-state index contributed by atoms with van der Waals surface area (Å²) in [5.41, 5.74) is 0. The standard InChI is InChI=1S/C28H53N5O5S2/c1-29-17-12-14-24(34)23(21-27(37)30-2)33(3)28(38)22(32-26(36)16-7-5-11-20-40)13-8-9-18-31-25(35)15-6-4-10-19-39/h22-23,29,39-40H,4-21H2,1-3H3,(H,30,37)(H,31,35)(H,32,36)/t22-,23-/m0/s1. The average molecular weight is 604 g/mol. The molecule has 0 saturated carbocycles. The van der Waals surface area contributed by atoms with Gasteiger partial charge < -0.3 is 26.2 Å². The Morgan fingerprint density at radius 1 is 0.700 bits per heavy atom. The summed E-state index contributed by atoms with van der Waals surface area (Å²) in [4.78, 5) is 64.7. The van der Waals surface area contributed by atoms with E-state index in [1.165, 1.54) is 19.0 Å². The van der Waals surface area contributed by atoms with E-state index in [1.54, 1.807) is 7.05 Å². The molecule has 0 saturated heterocycles. The number of rotatable bonds is 25. The van der Waals surface area contributed by atoms with Gasteiger partial charge in [-0.15, -0.1) is 0 Å². The molecule has 2 atom stereocenters. The molecule has 4 N–H and O–H groups in total. The molecule has 40 heavy (non-hydrogen) atoms. The zero-order valence-electron chi connectivity index (χ0n) is 24.8. The van der Waals surface area contributed by atoms with Crippen molar-refractivity contribution in [3.63, 3.8) is 0 Å². The van der Waals surface area contributed by atoms with E-state index in [-0.39, 0.29) is 36.3 Å². The maximum Gasteiger partial charge on any atom is 0.245 e. The molecular weight excluding hydrogens is 550 g/mol. The second kappa shape index (κ2) is 25.0. The van der Waals surface area contributed by atoms with Crippen LogP contribution in [-0.2, 0) is 24.0 Å². The minimum Gasteiger partial charge on any atom is -0.359 e. The highest BCUT2D eigenvalue weighted by molar-refractivity contribution is 7.80. The number of nitrogens with one attached hydrogen (secondary N) is 4. The minimum atomic E-state index is -0.916. The maximum atomic E-state index is 13.6. The molecule has 0 aromatic rings. The van der Waals surface area contributed by atoms with E-state index in [0.717, 1.165) is 43.6 Å². The van der Waals surface area contributed by atoms with Crippen LogP contribution in [0.2, 0.25) is 0 Å². The molecule has 0 spiro atoms. The van der Waals surface area contributed by atoms with Crippen LogP contribution in [0.3, 0.4) is 0 Å². The molecule has 0 aliphatic heterocycles. The molecule has 0 heterocycles. The molecule has 0 aromatic heterocycles. The number of likely N-dealkylation sites (N-methyl/N-ethyl adjacent to an activating group) is 1. The quantitative estimate of drug-likeness (QED) is 0.0700. The summed E-state index contributed by atoms with van der Waals surface area (Å²) in [6.45, 7) is 1.14. The van der Waals surface area contributed by atoms with Crippen LogP contribution in [0.5, 0.6) is 0 Å². The van der Waals surface area contributed by atoms with E-state index >= 15 is 0 Å². The van der Waals surface area contributed by atoms with Gasteiger partial charge in [-0.3, -0.25) is 24.0 Å². The molecule has 0 aromatic carbocycles. The summed E-state index contributed by atoms with van der Waals surface area (Å²) in [6.07, 6.45) is 8.38. The summed E-state index contributed by atoms with van der Waals surface area (Å²) >= 11 is 8.37. The third-order valence-corrected chi connectivity index (χ3v) is 7.33. The molecule has 0 fully saturated rings. The van der Waals surface area contributed by atoms with E-state index in [2.05, 4.69) is 46.5 Å². The monoisotopic (exact) mass is 603 g/mol. The van der Waals surface area contributed by atoms with Gasteiger partial charge in [0.1, 0.15) is 6.04 Å². The first-order valence-corrected chi connectivity index (χ1v) is 15.9. The van der Waals surface area contributed by atoms with E-state index in [9.17, 15) is 24.0 Å². The SMILES string of the molecule is CNCCCC(=O)[C@H](CC(=O)NC)N(C)C(=O)[C@H](CCCCNC(=O)CCCCCS)NC(=O)CCCCCS. The van der Waals surface area contributed by atoms with Crippen molar-refractivity contribution in [2.75, 3.05) is 45.7 Å². The van der Waals surface area contributed by atoms with Crippen LogP contribution < -0.4 is 21.3 Å². The summed E-state index contributed by atoms with van der Waals surface area (Å²) in [5.74, 6) is 0.446. The molecule has 12 heteroatoms. The van der Waals surface area contributed by atoms with Gasteiger partial charge in [0.05, 0.1) is 12.5 Å². The van der Waals surface area contributed by atoms with Gasteiger partial charge in [-0.25, -0.2) is 0 Å². The Balaban J connectivity index is 5.25. The van der Waals surface area contributed by atoms with Crippen LogP contribution in [0.4, 0.5) is 0 Å². The Hall–Kier alpha value is -1.79. The Kier molecular flexibility index (Phi) is 23.8. The van der Waals surface area contributed by atoms with Gasteiger partial charge >= 0.3 is 0 Å². The number of carbonyl (C=O) groups excluding carboxylic acids is 5. The van der Waals surface area contributed by atoms with E-state index in [4.69, 9.17) is 0 Å². The number of hydrogen-bond donors (Lipinski definition) is 6. The number of nitrogens with zero attached hydrogens (tertiary/aromatic N) is 1. The predicted molar refractivity (Wildman–Crippen MR) is 167 cm³/mol. The lowest BCUT2D eigenvalue weighted by atomic mass is 10.0. The van der Waals surface area contributed by atoms with Crippen LogP contribution in [0.25, 0.3) is 0 Å². The van der Waals surface area contributed by atoms with Gasteiger partial charge in [-0.05, 0) is 76.5 Å². The number of ketones is 1. The van der Waals surface area contributed by atoms with E-state index < -0.39 is 18.0 Å². The largest absolute Gasteiger partial charge is 0.359 e. The molecule has 0 aliphatic rings. The third-order valence-electron chi connectivity index (χ3n) is 6.69. The number of hydrogen-bond acceptors (Lipinski definition) is 8. The van der Waals surface area contributed by atoms with Crippen molar-refractivity contribution in [2.45, 2.75) is 102 Å². The lowest BCUT2D eigenvalue weighted by molar-refractivity contribution is -0.143. The van der Waals surface area contributed by atoms with Gasteiger partial charge in [-0.2, -0.15) is 25.3 Å². The first-order chi connectivity index (χ1) is 19.2. The highest BCUT2D eigenvalue weighted by atomic mass is 32.1. The highest BCUT2D eigenvalue weighted by Crippen LogP contribution is 2.13. The smallest absolute Gasteiger partial charge is 0.245 e. The molecular formula is C28H53N5O5S2. The molecule has 0 aliphatic carbocycles. The zero-order valence-corrected chi connectivity index (χ0v) is 26.6. The van der Waals surface area contributed by atoms with Gasteiger partial charge in [0.25, 0.3) is 0 Å². The van der Waals surface area contributed by atoms with Crippen molar-refractivity contribution in [3.8, 4) is 0 Å². The van der Waals surface area contributed by atoms with Crippen LogP contribution >= 0.6 is 25.3 Å². The van der Waals surface area contributed by atoms with Gasteiger partial charge in [0, 0.05) is 39.9 Å². The van der Waals surface area contributed by atoms with Gasteiger partial charge in [0.15, 0.2) is 5.78 Å². The minimum absolute atomic E-state index is 0.00914. The normalized spacial score (nSPS) is 12.3. The van der Waals surface area contributed by atoms with Gasteiger partial charge in [-0.1, -0.05) is 12.8 Å². The number of unbranched alkanes of at least 4 members (excludes halogenated alkanes) is 5. The third kappa shape index (κ3) is 18.5. The van der Waals surface area contributed by atoms with Crippen molar-refractivity contribution in [1.82, 2.24) is 26.2 Å². The van der Waals surface area contributed by atoms with Crippen molar-refractivity contribution >= 4 is 54.7 Å². The fraction of sp³-hybridized carbons (Fsp3) is 0.821. The van der Waals surface area contributed by atoms with Crippen LogP contribution in [0, 0.1) is 0 Å². The Morgan fingerprint density at radius 2 is 1.32 bits per heavy atom. The molecule has 0 unspecified atom stereocenters. The average Bonchev–Trinajstić information content (AvgIpc) is 2.94. The van der Waals surface area contributed by atoms with Crippen LogP contribution in [0.1, 0.15) is 89.9 Å². The molecule has 0 bridgehead atoms. The predicted octanol–water partition coefficient (Wildman–Crippen LogP) is 2.27. The second-order valence-electron chi connectivity index (χ2n) is 10.1. The Morgan fingerprint density at radius 3 is 1.90 bits per heavy atom. The van der Waals surface area contributed by atoms with Crippen LogP contribution in [0.15, 0.2) is 0 Å². The van der Waals surface area contributed by atoms with E-state index in [0.29, 0.717) is 58.0 Å². The number of Topliss-reactive ketones (excluding diaryl/α,β-unsaturated/α-hetero) is 1. The Bertz CT molecular complexity index is 757. The number of carbonyl (C=O) groups is 5.